The third-order valence-electron chi connectivity index (χ3n) is 2.70. The molecule has 0 saturated heterocycles. The topological polar surface area (TPSA) is 91.0 Å². The molecule has 0 radical (unpaired) electrons. The average Bonchev–Trinajstić information content (AvgIpc) is 2.37. The van der Waals surface area contributed by atoms with E-state index in [2.05, 4.69) is 0 Å². The van der Waals surface area contributed by atoms with E-state index in [1.807, 2.05) is 0 Å². The van der Waals surface area contributed by atoms with Gasteiger partial charge in [0.2, 0.25) is 0 Å². The van der Waals surface area contributed by atoms with Gasteiger partial charge in [0.1, 0.15) is 25.0 Å². The second kappa shape index (κ2) is 5.14. The normalized spacial score (nSPS) is 15.0. The maximum Gasteiger partial charge on any atom is 0.320 e. The van der Waals surface area contributed by atoms with Gasteiger partial charge in [-0.15, -0.1) is 0 Å². The Morgan fingerprint density at radius 1 is 1.44 bits per heavy atom. The van der Waals surface area contributed by atoms with Crippen LogP contribution in [0.3, 0.4) is 0 Å². The minimum absolute atomic E-state index is 0.176. The molecule has 1 aliphatic heterocycles. The number of carbonyl (C=O) groups is 1. The van der Waals surface area contributed by atoms with E-state index < -0.39 is 12.0 Å². The van der Waals surface area contributed by atoms with Gasteiger partial charge >= 0.3 is 5.97 Å². The molecular formula is C12H15NO5. The molecule has 1 heterocycles. The molecule has 18 heavy (non-hydrogen) atoms. The van der Waals surface area contributed by atoms with Crippen LogP contribution >= 0.6 is 0 Å². The molecule has 1 aromatic carbocycles. The summed E-state index contributed by atoms with van der Waals surface area (Å²) in [5, 5.41) is 8.82. The Kier molecular flexibility index (Phi) is 3.57. The fourth-order valence-corrected chi connectivity index (χ4v) is 1.79. The quantitative estimate of drug-likeness (QED) is 0.808. The highest BCUT2D eigenvalue weighted by atomic mass is 16.6. The first kappa shape index (κ1) is 12.5. The first-order chi connectivity index (χ1) is 8.61. The lowest BCUT2D eigenvalue weighted by atomic mass is 10.0. The Labute approximate surface area is 104 Å². The van der Waals surface area contributed by atoms with Gasteiger partial charge in [-0.2, -0.15) is 0 Å². The molecule has 6 nitrogen and oxygen atoms in total. The zero-order valence-electron chi connectivity index (χ0n) is 10.0. The Morgan fingerprint density at radius 3 is 2.61 bits per heavy atom. The summed E-state index contributed by atoms with van der Waals surface area (Å²) in [7, 11) is 1.52. The van der Waals surface area contributed by atoms with Gasteiger partial charge < -0.3 is 25.1 Å². The number of carboxylic acids is 1. The van der Waals surface area contributed by atoms with Crippen LogP contribution in [0.15, 0.2) is 12.1 Å². The number of aliphatic carboxylic acids is 1. The lowest BCUT2D eigenvalue weighted by molar-refractivity contribution is -0.138. The highest BCUT2D eigenvalue weighted by Crippen LogP contribution is 2.37. The van der Waals surface area contributed by atoms with Gasteiger partial charge in [-0.25, -0.2) is 0 Å². The van der Waals surface area contributed by atoms with Gasteiger partial charge in [-0.05, 0) is 6.07 Å². The summed E-state index contributed by atoms with van der Waals surface area (Å²) in [6.45, 7) is 0.966. The van der Waals surface area contributed by atoms with Gasteiger partial charge in [0.15, 0.2) is 11.5 Å². The minimum atomic E-state index is -1.05. The molecule has 1 atom stereocenters. The van der Waals surface area contributed by atoms with E-state index >= 15 is 0 Å². The van der Waals surface area contributed by atoms with Crippen LogP contribution in [-0.2, 0) is 11.2 Å². The summed E-state index contributed by atoms with van der Waals surface area (Å²) in [5.74, 6) is 0.697. The van der Waals surface area contributed by atoms with Crippen LogP contribution in [0.2, 0.25) is 0 Å². The summed E-state index contributed by atoms with van der Waals surface area (Å²) in [6, 6.07) is 2.44. The Balaban J connectivity index is 2.30. The van der Waals surface area contributed by atoms with Crippen molar-refractivity contribution in [2.24, 2.45) is 5.73 Å². The van der Waals surface area contributed by atoms with Crippen LogP contribution in [0.5, 0.6) is 17.2 Å². The van der Waals surface area contributed by atoms with E-state index in [-0.39, 0.29) is 6.42 Å². The number of fused-ring (bicyclic) bond motifs is 1. The first-order valence-electron chi connectivity index (χ1n) is 5.56. The molecule has 1 aromatic rings. The molecule has 0 aromatic heterocycles. The van der Waals surface area contributed by atoms with E-state index in [1.54, 1.807) is 12.1 Å². The maximum absolute atomic E-state index is 10.8. The van der Waals surface area contributed by atoms with Crippen molar-refractivity contribution in [1.82, 2.24) is 0 Å². The molecule has 0 bridgehead atoms. The third kappa shape index (κ3) is 2.48. The van der Waals surface area contributed by atoms with Gasteiger partial charge in [-0.1, -0.05) is 0 Å². The second-order valence-corrected chi connectivity index (χ2v) is 3.96. The molecule has 3 N–H and O–H groups in total. The number of nitrogens with two attached hydrogens (primary N) is 1. The summed E-state index contributed by atoms with van der Waals surface area (Å²) < 4.78 is 16.1. The lowest BCUT2D eigenvalue weighted by Crippen LogP contribution is -2.32. The lowest BCUT2D eigenvalue weighted by Gasteiger charge is -2.21. The first-order valence-corrected chi connectivity index (χ1v) is 5.56. The molecule has 0 amide bonds. The standard InChI is InChI=1S/C12H15NO5/c1-16-9-6-11-10(17-2-3-18-11)5-7(9)4-8(13)12(14)15/h5-6,8H,2-4,13H2,1H3,(H,14,15). The van der Waals surface area contributed by atoms with Crippen molar-refractivity contribution in [1.29, 1.82) is 0 Å². The van der Waals surface area contributed by atoms with Crippen LogP contribution in [0.4, 0.5) is 0 Å². The van der Waals surface area contributed by atoms with E-state index in [0.717, 1.165) is 0 Å². The summed E-state index contributed by atoms with van der Waals surface area (Å²) >= 11 is 0. The molecule has 0 spiro atoms. The Bertz CT molecular complexity index is 460. The van der Waals surface area contributed by atoms with E-state index in [1.165, 1.54) is 7.11 Å². The Morgan fingerprint density at radius 2 is 2.06 bits per heavy atom. The number of methoxy groups -OCH3 is 1. The second-order valence-electron chi connectivity index (χ2n) is 3.96. The van der Waals surface area contributed by atoms with Crippen LogP contribution in [0.25, 0.3) is 0 Å². The number of carboxylic acid groups (broad SMARTS) is 1. The van der Waals surface area contributed by atoms with E-state index in [4.69, 9.17) is 25.1 Å². The summed E-state index contributed by atoms with van der Waals surface area (Å²) in [6.07, 6.45) is 0.176. The number of rotatable bonds is 4. The highest BCUT2D eigenvalue weighted by Gasteiger charge is 2.20. The number of ether oxygens (including phenoxy) is 3. The molecule has 6 heteroatoms. The average molecular weight is 253 g/mol. The largest absolute Gasteiger partial charge is 0.496 e. The molecule has 0 fully saturated rings. The van der Waals surface area contributed by atoms with Crippen molar-refractivity contribution in [2.45, 2.75) is 12.5 Å². The summed E-state index contributed by atoms with van der Waals surface area (Å²) in [5.41, 5.74) is 6.21. The van der Waals surface area contributed by atoms with Crippen LogP contribution in [0, 0.1) is 0 Å². The minimum Gasteiger partial charge on any atom is -0.496 e. The number of benzene rings is 1. The fourth-order valence-electron chi connectivity index (χ4n) is 1.79. The fraction of sp³-hybridized carbons (Fsp3) is 0.417. The van der Waals surface area contributed by atoms with Crippen molar-refractivity contribution in [3.8, 4) is 17.2 Å². The van der Waals surface area contributed by atoms with Gasteiger partial charge in [0.25, 0.3) is 0 Å². The predicted molar refractivity (Wildman–Crippen MR) is 63.3 cm³/mol. The third-order valence-corrected chi connectivity index (χ3v) is 2.70. The summed E-state index contributed by atoms with van der Waals surface area (Å²) in [4.78, 5) is 10.8. The zero-order chi connectivity index (χ0) is 13.1. The van der Waals surface area contributed by atoms with Gasteiger partial charge in [-0.3, -0.25) is 4.79 Å². The number of hydrogen-bond acceptors (Lipinski definition) is 5. The predicted octanol–water partition coefficient (Wildman–Crippen LogP) is 0.421. The van der Waals surface area contributed by atoms with Crippen molar-refractivity contribution in [3.05, 3.63) is 17.7 Å². The maximum atomic E-state index is 10.8. The monoisotopic (exact) mass is 253 g/mol. The molecular weight excluding hydrogens is 238 g/mol. The highest BCUT2D eigenvalue weighted by molar-refractivity contribution is 5.73. The van der Waals surface area contributed by atoms with Gasteiger partial charge in [0, 0.05) is 18.1 Å². The van der Waals surface area contributed by atoms with Crippen LogP contribution in [0.1, 0.15) is 5.56 Å². The van der Waals surface area contributed by atoms with Crippen molar-refractivity contribution < 1.29 is 24.1 Å². The van der Waals surface area contributed by atoms with E-state index in [0.29, 0.717) is 36.0 Å². The molecule has 0 aliphatic carbocycles. The smallest absolute Gasteiger partial charge is 0.320 e. The molecule has 0 saturated carbocycles. The van der Waals surface area contributed by atoms with Crippen molar-refractivity contribution in [3.63, 3.8) is 0 Å². The SMILES string of the molecule is COc1cc2c(cc1CC(N)C(=O)O)OCCO2. The molecule has 1 unspecified atom stereocenters. The zero-order valence-corrected chi connectivity index (χ0v) is 10.0. The molecule has 2 rings (SSSR count). The van der Waals surface area contributed by atoms with Gasteiger partial charge in [0.05, 0.1) is 7.11 Å². The van der Waals surface area contributed by atoms with Crippen LogP contribution in [-0.4, -0.2) is 37.4 Å². The molecule has 1 aliphatic rings. The van der Waals surface area contributed by atoms with Crippen LogP contribution < -0.4 is 19.9 Å². The van der Waals surface area contributed by atoms with Crippen molar-refractivity contribution >= 4 is 5.97 Å². The van der Waals surface area contributed by atoms with E-state index in [9.17, 15) is 4.79 Å². The van der Waals surface area contributed by atoms with Crippen molar-refractivity contribution in [2.75, 3.05) is 20.3 Å². The molecule has 98 valence electrons. The number of hydrogen-bond donors (Lipinski definition) is 2. The Hall–Kier alpha value is -1.95.